The van der Waals surface area contributed by atoms with Crippen LogP contribution in [0.3, 0.4) is 0 Å². The van der Waals surface area contributed by atoms with Gasteiger partial charge in [-0.05, 0) is 30.7 Å². The topological polar surface area (TPSA) is 55.1 Å². The van der Waals surface area contributed by atoms with E-state index in [9.17, 15) is 4.79 Å². The van der Waals surface area contributed by atoms with Crippen LogP contribution in [0.5, 0.6) is 0 Å². The number of hydrogen-bond acceptors (Lipinski definition) is 2. The van der Waals surface area contributed by atoms with Crippen molar-refractivity contribution in [1.82, 2.24) is 5.32 Å². The van der Waals surface area contributed by atoms with Crippen molar-refractivity contribution in [3.8, 4) is 0 Å². The van der Waals surface area contributed by atoms with Crippen LogP contribution >= 0.6 is 12.2 Å². The molecule has 0 heterocycles. The number of thiocarbonyl (C=S) groups is 1. The van der Waals surface area contributed by atoms with Gasteiger partial charge in [0.15, 0.2) is 0 Å². The van der Waals surface area contributed by atoms with Crippen LogP contribution in [0.2, 0.25) is 0 Å². The lowest BCUT2D eigenvalue weighted by Gasteiger charge is -2.07. The number of nitrogens with two attached hydrogens (primary N) is 1. The molecule has 20 heavy (non-hydrogen) atoms. The van der Waals surface area contributed by atoms with Gasteiger partial charge in [-0.2, -0.15) is 0 Å². The molecule has 0 aliphatic heterocycles. The van der Waals surface area contributed by atoms with Crippen molar-refractivity contribution in [3.05, 3.63) is 70.8 Å². The SMILES string of the molecule is Cc1ccc(C(=O)NCc2cccc(C(N)=S)c2)cc1. The average molecular weight is 284 g/mol. The number of benzene rings is 2. The molecule has 0 fully saturated rings. The third-order valence-electron chi connectivity index (χ3n) is 2.98. The van der Waals surface area contributed by atoms with Crippen LogP contribution in [0, 0.1) is 6.92 Å². The Hall–Kier alpha value is -2.20. The van der Waals surface area contributed by atoms with E-state index in [0.29, 0.717) is 17.1 Å². The summed E-state index contributed by atoms with van der Waals surface area (Å²) in [5.41, 5.74) is 9.15. The molecule has 3 nitrogen and oxygen atoms in total. The Bertz CT molecular complexity index is 635. The monoisotopic (exact) mass is 284 g/mol. The van der Waals surface area contributed by atoms with Gasteiger partial charge in [0, 0.05) is 17.7 Å². The van der Waals surface area contributed by atoms with Crippen LogP contribution < -0.4 is 11.1 Å². The zero-order valence-electron chi connectivity index (χ0n) is 11.2. The van der Waals surface area contributed by atoms with Gasteiger partial charge in [-0.1, -0.05) is 48.1 Å². The van der Waals surface area contributed by atoms with Crippen molar-refractivity contribution in [2.24, 2.45) is 5.73 Å². The first-order chi connectivity index (χ1) is 9.56. The van der Waals surface area contributed by atoms with Crippen molar-refractivity contribution < 1.29 is 4.79 Å². The molecule has 0 spiro atoms. The van der Waals surface area contributed by atoms with E-state index in [4.69, 9.17) is 18.0 Å². The van der Waals surface area contributed by atoms with E-state index < -0.39 is 0 Å². The Kier molecular flexibility index (Phi) is 4.48. The van der Waals surface area contributed by atoms with E-state index in [1.54, 1.807) is 0 Å². The van der Waals surface area contributed by atoms with Crippen molar-refractivity contribution in [3.63, 3.8) is 0 Å². The molecule has 1 amide bonds. The number of aryl methyl sites for hydroxylation is 1. The van der Waals surface area contributed by atoms with Gasteiger partial charge in [-0.3, -0.25) is 4.79 Å². The van der Waals surface area contributed by atoms with Gasteiger partial charge in [0.05, 0.1) is 0 Å². The first-order valence-corrected chi connectivity index (χ1v) is 6.71. The van der Waals surface area contributed by atoms with Gasteiger partial charge < -0.3 is 11.1 Å². The summed E-state index contributed by atoms with van der Waals surface area (Å²) in [7, 11) is 0. The van der Waals surface area contributed by atoms with Crippen LogP contribution in [-0.2, 0) is 6.54 Å². The zero-order valence-corrected chi connectivity index (χ0v) is 12.0. The third kappa shape index (κ3) is 3.65. The van der Waals surface area contributed by atoms with E-state index in [-0.39, 0.29) is 5.91 Å². The molecule has 0 bridgehead atoms. The molecule has 0 saturated heterocycles. The maximum Gasteiger partial charge on any atom is 0.251 e. The second-order valence-corrected chi connectivity index (χ2v) is 5.05. The van der Waals surface area contributed by atoms with Crippen molar-refractivity contribution in [2.45, 2.75) is 13.5 Å². The third-order valence-corrected chi connectivity index (χ3v) is 3.21. The molecule has 102 valence electrons. The Morgan fingerprint density at radius 2 is 1.85 bits per heavy atom. The molecule has 0 saturated carbocycles. The zero-order chi connectivity index (χ0) is 14.5. The van der Waals surface area contributed by atoms with Crippen molar-refractivity contribution in [2.75, 3.05) is 0 Å². The maximum atomic E-state index is 12.0. The van der Waals surface area contributed by atoms with E-state index in [1.165, 1.54) is 0 Å². The van der Waals surface area contributed by atoms with Gasteiger partial charge in [-0.25, -0.2) is 0 Å². The largest absolute Gasteiger partial charge is 0.389 e. The number of carbonyl (C=O) groups excluding carboxylic acids is 1. The molecule has 4 heteroatoms. The summed E-state index contributed by atoms with van der Waals surface area (Å²) in [4.78, 5) is 12.3. The lowest BCUT2D eigenvalue weighted by Crippen LogP contribution is -2.23. The Balaban J connectivity index is 2.01. The highest BCUT2D eigenvalue weighted by molar-refractivity contribution is 7.80. The summed E-state index contributed by atoms with van der Waals surface area (Å²) in [6, 6.07) is 15.0. The minimum Gasteiger partial charge on any atom is -0.389 e. The molecule has 0 aromatic heterocycles. The molecule has 0 radical (unpaired) electrons. The minimum atomic E-state index is -0.0919. The molecule has 0 unspecified atom stereocenters. The van der Waals surface area contributed by atoms with E-state index >= 15 is 0 Å². The second-order valence-electron chi connectivity index (χ2n) is 4.61. The first kappa shape index (κ1) is 14.2. The summed E-state index contributed by atoms with van der Waals surface area (Å²) in [6.45, 7) is 2.44. The molecular weight excluding hydrogens is 268 g/mol. The number of carbonyl (C=O) groups is 1. The first-order valence-electron chi connectivity index (χ1n) is 6.30. The van der Waals surface area contributed by atoms with Crippen molar-refractivity contribution >= 4 is 23.1 Å². The number of hydrogen-bond donors (Lipinski definition) is 2. The quantitative estimate of drug-likeness (QED) is 0.848. The van der Waals surface area contributed by atoms with Gasteiger partial charge in [0.1, 0.15) is 4.99 Å². The normalized spacial score (nSPS) is 10.1. The van der Waals surface area contributed by atoms with Crippen LogP contribution in [0.4, 0.5) is 0 Å². The van der Waals surface area contributed by atoms with Crippen LogP contribution in [0.15, 0.2) is 48.5 Å². The summed E-state index contributed by atoms with van der Waals surface area (Å²) >= 11 is 4.94. The van der Waals surface area contributed by atoms with Gasteiger partial charge in [0.2, 0.25) is 0 Å². The maximum absolute atomic E-state index is 12.0. The molecular formula is C16H16N2OS. The highest BCUT2D eigenvalue weighted by Gasteiger charge is 2.05. The molecule has 0 aliphatic carbocycles. The van der Waals surface area contributed by atoms with Gasteiger partial charge >= 0.3 is 0 Å². The molecule has 0 aliphatic rings. The Morgan fingerprint density at radius 1 is 1.15 bits per heavy atom. The lowest BCUT2D eigenvalue weighted by atomic mass is 10.1. The van der Waals surface area contributed by atoms with Crippen molar-refractivity contribution in [1.29, 1.82) is 0 Å². The number of rotatable bonds is 4. The van der Waals surface area contributed by atoms with Crippen LogP contribution in [-0.4, -0.2) is 10.9 Å². The van der Waals surface area contributed by atoms with Crippen LogP contribution in [0.1, 0.15) is 27.0 Å². The smallest absolute Gasteiger partial charge is 0.251 e. The van der Waals surface area contributed by atoms with E-state index in [0.717, 1.165) is 16.7 Å². The summed E-state index contributed by atoms with van der Waals surface area (Å²) in [5.74, 6) is -0.0919. The summed E-state index contributed by atoms with van der Waals surface area (Å²) in [6.07, 6.45) is 0. The molecule has 2 aromatic rings. The average Bonchev–Trinajstić information content (AvgIpc) is 2.46. The lowest BCUT2D eigenvalue weighted by molar-refractivity contribution is 0.0951. The fourth-order valence-electron chi connectivity index (χ4n) is 1.82. The van der Waals surface area contributed by atoms with Gasteiger partial charge in [0.25, 0.3) is 5.91 Å². The summed E-state index contributed by atoms with van der Waals surface area (Å²) in [5, 5.41) is 2.88. The van der Waals surface area contributed by atoms with Gasteiger partial charge in [-0.15, -0.1) is 0 Å². The minimum absolute atomic E-state index is 0.0919. The molecule has 2 rings (SSSR count). The Labute approximate surface area is 123 Å². The number of amides is 1. The Morgan fingerprint density at radius 3 is 2.50 bits per heavy atom. The van der Waals surface area contributed by atoms with E-state index in [2.05, 4.69) is 5.32 Å². The fraction of sp³-hybridized carbons (Fsp3) is 0.125. The highest BCUT2D eigenvalue weighted by atomic mass is 32.1. The molecule has 0 atom stereocenters. The molecule has 2 aromatic carbocycles. The fourth-order valence-corrected chi connectivity index (χ4v) is 1.95. The second kappa shape index (κ2) is 6.30. The molecule has 3 N–H and O–H groups in total. The standard InChI is InChI=1S/C16H16N2OS/c1-11-5-7-13(8-6-11)16(19)18-10-12-3-2-4-14(9-12)15(17)20/h2-9H,10H2,1H3,(H2,17,20)(H,18,19). The highest BCUT2D eigenvalue weighted by Crippen LogP contribution is 2.07. The predicted molar refractivity (Wildman–Crippen MR) is 84.7 cm³/mol. The predicted octanol–water partition coefficient (Wildman–Crippen LogP) is 2.56. The van der Waals surface area contributed by atoms with E-state index in [1.807, 2.05) is 55.5 Å². The number of nitrogens with one attached hydrogen (secondary N) is 1. The van der Waals surface area contributed by atoms with Crippen LogP contribution in [0.25, 0.3) is 0 Å². The summed E-state index contributed by atoms with van der Waals surface area (Å²) < 4.78 is 0.